The molecule has 0 radical (unpaired) electrons. The van der Waals surface area contributed by atoms with Crippen LogP contribution in [0.5, 0.6) is 0 Å². The maximum Gasteiger partial charge on any atom is 0.275 e. The summed E-state index contributed by atoms with van der Waals surface area (Å²) in [5.41, 5.74) is 2.36. The van der Waals surface area contributed by atoms with E-state index in [1.54, 1.807) is 11.3 Å². The lowest BCUT2D eigenvalue weighted by molar-refractivity contribution is -0.682. The summed E-state index contributed by atoms with van der Waals surface area (Å²) in [4.78, 5) is 13.9. The van der Waals surface area contributed by atoms with Crippen LogP contribution >= 0.6 is 11.3 Å². The van der Waals surface area contributed by atoms with Gasteiger partial charge < -0.3 is 10.6 Å². The first-order chi connectivity index (χ1) is 14.2. The monoisotopic (exact) mass is 401 g/mol. The number of nitrogens with two attached hydrogens (primary N) is 1. The number of rotatable bonds is 7. The highest BCUT2D eigenvalue weighted by Crippen LogP contribution is 2.26. The second-order valence-corrected chi connectivity index (χ2v) is 8.20. The summed E-state index contributed by atoms with van der Waals surface area (Å²) in [7, 11) is 0. The van der Waals surface area contributed by atoms with Crippen LogP contribution in [0.2, 0.25) is 0 Å². The number of carbonyl (C=O) groups is 1. The van der Waals surface area contributed by atoms with Gasteiger partial charge in [0.2, 0.25) is 0 Å². The van der Waals surface area contributed by atoms with Gasteiger partial charge in [0, 0.05) is 10.4 Å². The van der Waals surface area contributed by atoms with Crippen molar-refractivity contribution in [3.63, 3.8) is 0 Å². The van der Waals surface area contributed by atoms with Gasteiger partial charge in [-0.15, -0.1) is 11.3 Å². The van der Waals surface area contributed by atoms with Crippen molar-refractivity contribution in [3.05, 3.63) is 106 Å². The molecular weight excluding hydrogens is 376 g/mol. The molecule has 3 aromatic carbocycles. The number of carbonyl (C=O) groups excluding carboxylic acids is 1. The van der Waals surface area contributed by atoms with Gasteiger partial charge in [0.1, 0.15) is 6.04 Å². The number of hydrogen-bond donors (Lipinski definition) is 2. The maximum atomic E-state index is 12.8. The Morgan fingerprint density at radius 1 is 0.931 bits per heavy atom. The normalized spacial score (nSPS) is 13.1. The summed E-state index contributed by atoms with van der Waals surface area (Å²) in [6.07, 6.45) is 0. The minimum atomic E-state index is -0.107. The van der Waals surface area contributed by atoms with Crippen molar-refractivity contribution in [1.29, 1.82) is 0 Å². The molecule has 1 heterocycles. The molecule has 4 heteroatoms. The van der Waals surface area contributed by atoms with Crippen LogP contribution in [0.3, 0.4) is 0 Å². The molecule has 2 atom stereocenters. The van der Waals surface area contributed by atoms with E-state index in [4.69, 9.17) is 0 Å². The van der Waals surface area contributed by atoms with Crippen molar-refractivity contribution in [3.8, 4) is 0 Å². The average Bonchev–Trinajstić information content (AvgIpc) is 3.30. The van der Waals surface area contributed by atoms with Gasteiger partial charge in [-0.05, 0) is 34.7 Å². The quantitative estimate of drug-likeness (QED) is 0.473. The number of thiophene rings is 1. The second-order valence-electron chi connectivity index (χ2n) is 7.22. The Morgan fingerprint density at radius 2 is 1.69 bits per heavy atom. The summed E-state index contributed by atoms with van der Waals surface area (Å²) < 4.78 is 0. The van der Waals surface area contributed by atoms with E-state index in [-0.39, 0.29) is 18.0 Å². The summed E-state index contributed by atoms with van der Waals surface area (Å²) in [6, 6.07) is 29.1. The molecule has 0 aliphatic carbocycles. The van der Waals surface area contributed by atoms with Crippen LogP contribution < -0.4 is 10.6 Å². The Morgan fingerprint density at radius 3 is 2.48 bits per heavy atom. The first-order valence-electron chi connectivity index (χ1n) is 9.91. The zero-order chi connectivity index (χ0) is 20.1. The molecule has 0 fully saturated rings. The van der Waals surface area contributed by atoms with Crippen LogP contribution in [-0.2, 0) is 4.79 Å². The zero-order valence-electron chi connectivity index (χ0n) is 16.4. The first-order valence-corrected chi connectivity index (χ1v) is 10.8. The summed E-state index contributed by atoms with van der Waals surface area (Å²) >= 11 is 1.67. The summed E-state index contributed by atoms with van der Waals surface area (Å²) in [5.74, 6) is 0.0411. The van der Waals surface area contributed by atoms with E-state index >= 15 is 0 Å². The number of amides is 1. The van der Waals surface area contributed by atoms with Gasteiger partial charge in [-0.2, -0.15) is 0 Å². The van der Waals surface area contributed by atoms with E-state index in [1.807, 2.05) is 29.6 Å². The third-order valence-corrected chi connectivity index (χ3v) is 6.17. The molecule has 0 saturated carbocycles. The SMILES string of the molecule is C[C@@H]([NH2+]CC(=O)N[C@H](c1ccccc1)c1cccs1)c1cccc2ccccc12. The lowest BCUT2D eigenvalue weighted by Gasteiger charge is -2.19. The predicted molar refractivity (Wildman–Crippen MR) is 120 cm³/mol. The molecule has 3 N–H and O–H groups in total. The standard InChI is InChI=1S/C25H24N2OS/c1-18(21-14-7-12-19-9-5-6-13-22(19)21)26-17-24(28)27-25(23-15-8-16-29-23)20-10-3-2-4-11-20/h2-16,18,25-26H,17H2,1H3,(H,27,28)/p+1/t18-,25-/m1/s1. The van der Waals surface area contributed by atoms with Gasteiger partial charge in [-0.3, -0.25) is 4.79 Å². The molecular formula is C25H25N2OS+. The fraction of sp³-hybridized carbons (Fsp3) is 0.160. The van der Waals surface area contributed by atoms with E-state index in [2.05, 4.69) is 78.2 Å². The molecule has 1 amide bonds. The molecule has 4 aromatic rings. The Hall–Kier alpha value is -2.95. The van der Waals surface area contributed by atoms with Gasteiger partial charge in [0.05, 0.1) is 6.04 Å². The number of benzene rings is 3. The Kier molecular flexibility index (Phi) is 6.03. The third kappa shape index (κ3) is 4.56. The molecule has 0 spiro atoms. The fourth-order valence-electron chi connectivity index (χ4n) is 3.70. The molecule has 0 saturated heterocycles. The summed E-state index contributed by atoms with van der Waals surface area (Å²) in [5, 5.41) is 9.86. The van der Waals surface area contributed by atoms with Gasteiger partial charge >= 0.3 is 0 Å². The minimum Gasteiger partial charge on any atom is -0.339 e. The van der Waals surface area contributed by atoms with E-state index in [9.17, 15) is 4.79 Å². The highest BCUT2D eigenvalue weighted by molar-refractivity contribution is 7.10. The molecule has 0 bridgehead atoms. The van der Waals surface area contributed by atoms with Crippen molar-refractivity contribution in [2.45, 2.75) is 19.0 Å². The second kappa shape index (κ2) is 9.03. The lowest BCUT2D eigenvalue weighted by Crippen LogP contribution is -2.87. The van der Waals surface area contributed by atoms with Gasteiger partial charge in [0.15, 0.2) is 6.54 Å². The van der Waals surface area contributed by atoms with E-state index in [0.717, 1.165) is 10.4 Å². The largest absolute Gasteiger partial charge is 0.339 e. The number of nitrogens with one attached hydrogen (secondary N) is 1. The molecule has 3 nitrogen and oxygen atoms in total. The number of quaternary nitrogens is 1. The minimum absolute atomic E-state index is 0.0411. The van der Waals surface area contributed by atoms with Crippen LogP contribution in [0.25, 0.3) is 10.8 Å². The molecule has 0 unspecified atom stereocenters. The van der Waals surface area contributed by atoms with E-state index in [1.165, 1.54) is 16.3 Å². The molecule has 29 heavy (non-hydrogen) atoms. The van der Waals surface area contributed by atoms with Crippen molar-refractivity contribution in [2.75, 3.05) is 6.54 Å². The molecule has 146 valence electrons. The number of fused-ring (bicyclic) bond motifs is 1. The number of hydrogen-bond acceptors (Lipinski definition) is 2. The smallest absolute Gasteiger partial charge is 0.275 e. The first kappa shape index (κ1) is 19.4. The average molecular weight is 402 g/mol. The van der Waals surface area contributed by atoms with Gasteiger partial charge in [-0.1, -0.05) is 78.9 Å². The lowest BCUT2D eigenvalue weighted by atomic mass is 10.00. The van der Waals surface area contributed by atoms with Gasteiger partial charge in [-0.25, -0.2) is 0 Å². The van der Waals surface area contributed by atoms with Crippen molar-refractivity contribution in [1.82, 2.24) is 5.32 Å². The van der Waals surface area contributed by atoms with Gasteiger partial charge in [0.25, 0.3) is 5.91 Å². The van der Waals surface area contributed by atoms with Crippen LogP contribution in [0, 0.1) is 0 Å². The Bertz CT molecular complexity index is 1070. The van der Waals surface area contributed by atoms with E-state index in [0.29, 0.717) is 6.54 Å². The van der Waals surface area contributed by atoms with Crippen molar-refractivity contribution < 1.29 is 10.1 Å². The Balaban J connectivity index is 1.45. The van der Waals surface area contributed by atoms with Crippen LogP contribution in [0.4, 0.5) is 0 Å². The van der Waals surface area contributed by atoms with Crippen LogP contribution in [0.15, 0.2) is 90.3 Å². The van der Waals surface area contributed by atoms with Crippen molar-refractivity contribution in [2.24, 2.45) is 0 Å². The molecule has 1 aromatic heterocycles. The van der Waals surface area contributed by atoms with Crippen LogP contribution in [0.1, 0.15) is 35.0 Å². The third-order valence-electron chi connectivity index (χ3n) is 5.24. The topological polar surface area (TPSA) is 45.7 Å². The van der Waals surface area contributed by atoms with E-state index < -0.39 is 0 Å². The van der Waals surface area contributed by atoms with Crippen LogP contribution in [-0.4, -0.2) is 12.5 Å². The molecule has 0 aliphatic heterocycles. The maximum absolute atomic E-state index is 12.8. The highest BCUT2D eigenvalue weighted by Gasteiger charge is 2.20. The zero-order valence-corrected chi connectivity index (χ0v) is 17.2. The van der Waals surface area contributed by atoms with Crippen molar-refractivity contribution >= 4 is 28.0 Å². The fourth-order valence-corrected chi connectivity index (χ4v) is 4.50. The molecule has 4 rings (SSSR count). The Labute approximate surface area is 175 Å². The summed E-state index contributed by atoms with van der Waals surface area (Å²) in [6.45, 7) is 2.54. The predicted octanol–water partition coefficient (Wildman–Crippen LogP) is 4.43. The molecule has 0 aliphatic rings. The highest BCUT2D eigenvalue weighted by atomic mass is 32.1.